The fourth-order valence-electron chi connectivity index (χ4n) is 4.61. The van der Waals surface area contributed by atoms with Crippen molar-refractivity contribution in [2.75, 3.05) is 11.9 Å². The van der Waals surface area contributed by atoms with E-state index in [-0.39, 0.29) is 24.8 Å². The number of halogens is 2. The van der Waals surface area contributed by atoms with Gasteiger partial charge in [-0.3, -0.25) is 14.4 Å². The highest BCUT2D eigenvalue weighted by atomic mass is 79.9. The van der Waals surface area contributed by atoms with Crippen molar-refractivity contribution in [1.82, 2.24) is 5.32 Å². The van der Waals surface area contributed by atoms with Crippen LogP contribution in [0.15, 0.2) is 77.3 Å². The van der Waals surface area contributed by atoms with E-state index in [1.807, 2.05) is 24.3 Å². The van der Waals surface area contributed by atoms with E-state index in [0.29, 0.717) is 22.7 Å². The largest absolute Gasteiger partial charge is 0.481 e. The third-order valence-electron chi connectivity index (χ3n) is 6.76. The Hall–Kier alpha value is -3.42. The molecule has 0 bridgehead atoms. The summed E-state index contributed by atoms with van der Waals surface area (Å²) in [5, 5.41) is 14.9. The number of rotatable bonds is 10. The van der Waals surface area contributed by atoms with E-state index in [2.05, 4.69) is 44.8 Å². The minimum Gasteiger partial charge on any atom is -0.481 e. The van der Waals surface area contributed by atoms with Crippen LogP contribution in [0.2, 0.25) is 5.02 Å². The molecular formula is C31H30BrClN2O4. The number of carbonyl (C=O) groups is 3. The van der Waals surface area contributed by atoms with Crippen LogP contribution in [0.4, 0.5) is 5.69 Å². The second-order valence-electron chi connectivity index (χ2n) is 9.57. The summed E-state index contributed by atoms with van der Waals surface area (Å²) in [6.07, 6.45) is 7.20. The van der Waals surface area contributed by atoms with Gasteiger partial charge in [0.2, 0.25) is 5.91 Å². The van der Waals surface area contributed by atoms with Crippen molar-refractivity contribution in [3.8, 4) is 0 Å². The average Bonchev–Trinajstić information content (AvgIpc) is 2.94. The van der Waals surface area contributed by atoms with Crippen molar-refractivity contribution in [2.45, 2.75) is 44.4 Å². The molecule has 1 aliphatic carbocycles. The lowest BCUT2D eigenvalue weighted by Gasteiger charge is -2.19. The number of benzene rings is 3. The van der Waals surface area contributed by atoms with E-state index in [1.165, 1.54) is 24.0 Å². The van der Waals surface area contributed by atoms with Crippen molar-refractivity contribution in [2.24, 2.45) is 0 Å². The zero-order valence-electron chi connectivity index (χ0n) is 21.4. The maximum atomic E-state index is 13.6. The second kappa shape index (κ2) is 13.6. The normalized spacial score (nSPS) is 13.7. The molecule has 0 aromatic heterocycles. The lowest BCUT2D eigenvalue weighted by atomic mass is 9.88. The highest BCUT2D eigenvalue weighted by molar-refractivity contribution is 9.10. The summed E-state index contributed by atoms with van der Waals surface area (Å²) in [4.78, 5) is 36.6. The monoisotopic (exact) mass is 608 g/mol. The van der Waals surface area contributed by atoms with Gasteiger partial charge in [-0.15, -0.1) is 0 Å². The molecule has 0 fully saturated rings. The van der Waals surface area contributed by atoms with E-state index in [0.717, 1.165) is 28.4 Å². The number of carboxylic acids is 1. The molecule has 3 aromatic rings. The van der Waals surface area contributed by atoms with Crippen molar-refractivity contribution in [3.05, 3.63) is 105 Å². The molecule has 0 saturated carbocycles. The summed E-state index contributed by atoms with van der Waals surface area (Å²) in [5.74, 6) is -1.94. The van der Waals surface area contributed by atoms with Gasteiger partial charge in [-0.1, -0.05) is 54.1 Å². The molecule has 0 spiro atoms. The highest BCUT2D eigenvalue weighted by Crippen LogP contribution is 2.30. The number of aliphatic carboxylic acids is 1. The minimum absolute atomic E-state index is 0.0607. The van der Waals surface area contributed by atoms with Gasteiger partial charge in [0.15, 0.2) is 0 Å². The number of allylic oxidation sites excluding steroid dienone is 2. The first kappa shape index (κ1) is 28.6. The number of hydrogen-bond donors (Lipinski definition) is 3. The first-order valence-electron chi connectivity index (χ1n) is 12.9. The fourth-order valence-corrected chi connectivity index (χ4v) is 5.04. The summed E-state index contributed by atoms with van der Waals surface area (Å²) < 4.78 is 0.749. The number of hydrogen-bond acceptors (Lipinski definition) is 3. The molecule has 4 rings (SSSR count). The molecule has 3 N–H and O–H groups in total. The second-order valence-corrected chi connectivity index (χ2v) is 10.8. The zero-order valence-corrected chi connectivity index (χ0v) is 23.7. The summed E-state index contributed by atoms with van der Waals surface area (Å²) in [6.45, 7) is 0.0607. The number of carbonyl (C=O) groups excluding carboxylic acids is 2. The smallest absolute Gasteiger partial charge is 0.305 e. The molecule has 0 aliphatic heterocycles. The van der Waals surface area contributed by atoms with Crippen molar-refractivity contribution in [3.63, 3.8) is 0 Å². The molecular weight excluding hydrogens is 580 g/mol. The molecule has 0 saturated heterocycles. The SMILES string of the molecule is O=C(O)CCNC(=O)c1ccc(CC(C(=O)Nc2ccc(Br)c(Cl)c2)c2ccc(C3=CCCCC3)cc2)cc1. The Morgan fingerprint density at radius 3 is 2.36 bits per heavy atom. The first-order chi connectivity index (χ1) is 18.8. The maximum Gasteiger partial charge on any atom is 0.305 e. The molecule has 0 heterocycles. The Labute approximate surface area is 241 Å². The first-order valence-corrected chi connectivity index (χ1v) is 14.1. The predicted octanol–water partition coefficient (Wildman–Crippen LogP) is 7.23. The van der Waals surface area contributed by atoms with Crippen LogP contribution < -0.4 is 10.6 Å². The molecule has 2 amide bonds. The number of amides is 2. The Morgan fingerprint density at radius 1 is 0.974 bits per heavy atom. The number of anilines is 1. The van der Waals surface area contributed by atoms with Gasteiger partial charge in [-0.25, -0.2) is 0 Å². The van der Waals surface area contributed by atoms with E-state index >= 15 is 0 Å². The van der Waals surface area contributed by atoms with Gasteiger partial charge in [-0.2, -0.15) is 0 Å². The Bertz CT molecular complexity index is 1370. The van der Waals surface area contributed by atoms with E-state index in [4.69, 9.17) is 16.7 Å². The number of carboxylic acid groups (broad SMARTS) is 1. The predicted molar refractivity (Wildman–Crippen MR) is 158 cm³/mol. The fraction of sp³-hybridized carbons (Fsp3) is 0.258. The maximum absolute atomic E-state index is 13.6. The van der Waals surface area contributed by atoms with Crippen LogP contribution in [0.5, 0.6) is 0 Å². The summed E-state index contributed by atoms with van der Waals surface area (Å²) >= 11 is 9.61. The molecule has 8 heteroatoms. The van der Waals surface area contributed by atoms with Gasteiger partial charge in [0.1, 0.15) is 0 Å². The van der Waals surface area contributed by atoms with E-state index in [1.54, 1.807) is 30.3 Å². The van der Waals surface area contributed by atoms with Gasteiger partial charge >= 0.3 is 5.97 Å². The van der Waals surface area contributed by atoms with Gasteiger partial charge < -0.3 is 15.7 Å². The summed E-state index contributed by atoms with van der Waals surface area (Å²) in [7, 11) is 0. The van der Waals surface area contributed by atoms with Crippen LogP contribution in [-0.2, 0) is 16.0 Å². The van der Waals surface area contributed by atoms with Crippen LogP contribution in [-0.4, -0.2) is 29.4 Å². The number of nitrogens with one attached hydrogen (secondary N) is 2. The molecule has 1 atom stereocenters. The Balaban J connectivity index is 1.54. The quantitative estimate of drug-likeness (QED) is 0.226. The molecule has 39 heavy (non-hydrogen) atoms. The third-order valence-corrected chi connectivity index (χ3v) is 7.99. The van der Waals surface area contributed by atoms with E-state index < -0.39 is 11.9 Å². The molecule has 1 aliphatic rings. The van der Waals surface area contributed by atoms with E-state index in [9.17, 15) is 14.4 Å². The molecule has 3 aromatic carbocycles. The Morgan fingerprint density at radius 2 is 1.72 bits per heavy atom. The van der Waals surface area contributed by atoms with Crippen molar-refractivity contribution < 1.29 is 19.5 Å². The van der Waals surface area contributed by atoms with Crippen molar-refractivity contribution >= 4 is 56.6 Å². The molecule has 1 unspecified atom stereocenters. The zero-order chi connectivity index (χ0) is 27.8. The van der Waals surface area contributed by atoms with Crippen LogP contribution in [0, 0.1) is 0 Å². The lowest BCUT2D eigenvalue weighted by molar-refractivity contribution is -0.136. The average molecular weight is 610 g/mol. The van der Waals surface area contributed by atoms with Crippen LogP contribution >= 0.6 is 27.5 Å². The van der Waals surface area contributed by atoms with Gasteiger partial charge in [0.25, 0.3) is 5.91 Å². The van der Waals surface area contributed by atoms with Gasteiger partial charge in [-0.05, 0) is 101 Å². The third kappa shape index (κ3) is 8.04. The molecule has 0 radical (unpaired) electrons. The molecule has 202 valence electrons. The van der Waals surface area contributed by atoms with Gasteiger partial charge in [0, 0.05) is 22.3 Å². The van der Waals surface area contributed by atoms with Crippen LogP contribution in [0.3, 0.4) is 0 Å². The van der Waals surface area contributed by atoms with Crippen LogP contribution in [0.25, 0.3) is 5.57 Å². The molecule has 6 nitrogen and oxygen atoms in total. The summed E-state index contributed by atoms with van der Waals surface area (Å²) in [5.41, 5.74) is 5.37. The van der Waals surface area contributed by atoms with Gasteiger partial charge in [0.05, 0.1) is 17.4 Å². The topological polar surface area (TPSA) is 95.5 Å². The standard InChI is InChI=1S/C31H30BrClN2O4/c32-27-15-14-25(19-28(27)33)35-31(39)26(23-12-10-22(11-13-23)21-4-2-1-3-5-21)18-20-6-8-24(9-7-20)30(38)34-17-16-29(36)37/h4,6-15,19,26H,1-3,5,16-18H2,(H,34,38)(H,35,39)(H,36,37). The Kier molecular flexibility index (Phi) is 9.96. The summed E-state index contributed by atoms with van der Waals surface area (Å²) in [6, 6.07) is 20.5. The highest BCUT2D eigenvalue weighted by Gasteiger charge is 2.22. The van der Waals surface area contributed by atoms with Crippen LogP contribution in [0.1, 0.15) is 65.1 Å². The van der Waals surface area contributed by atoms with Crippen molar-refractivity contribution in [1.29, 1.82) is 0 Å². The lowest BCUT2D eigenvalue weighted by Crippen LogP contribution is -2.26. The minimum atomic E-state index is -0.969.